The number of hydrogen-bond acceptors (Lipinski definition) is 2. The van der Waals surface area contributed by atoms with E-state index in [-0.39, 0.29) is 17.5 Å². The van der Waals surface area contributed by atoms with Crippen molar-refractivity contribution in [2.24, 2.45) is 10.8 Å². The normalized spacial score (nSPS) is 15.6. The van der Waals surface area contributed by atoms with Crippen molar-refractivity contribution >= 4 is 12.0 Å². The van der Waals surface area contributed by atoms with Crippen molar-refractivity contribution in [1.29, 1.82) is 0 Å². The third kappa shape index (κ3) is 5.09. The van der Waals surface area contributed by atoms with Gasteiger partial charge in [0.2, 0.25) is 0 Å². The smallest absolute Gasteiger partial charge is 0.326 e. The lowest BCUT2D eigenvalue weighted by Gasteiger charge is -2.37. The van der Waals surface area contributed by atoms with Crippen LogP contribution in [0.15, 0.2) is 0 Å². The molecule has 2 N–H and O–H groups in total. The molecular weight excluding hydrogens is 244 g/mol. The molecule has 5 nitrogen and oxygen atoms in total. The Morgan fingerprint density at radius 2 is 1.47 bits per heavy atom. The van der Waals surface area contributed by atoms with Crippen LogP contribution in [-0.2, 0) is 4.79 Å². The zero-order valence-electron chi connectivity index (χ0n) is 13.4. The van der Waals surface area contributed by atoms with Gasteiger partial charge in [-0.3, -0.25) is 0 Å². The zero-order valence-corrected chi connectivity index (χ0v) is 13.4. The molecule has 0 aromatic heterocycles. The molecular formula is C14H28N2O3. The summed E-state index contributed by atoms with van der Waals surface area (Å²) in [5, 5.41) is 11.8. The van der Waals surface area contributed by atoms with E-state index in [0.29, 0.717) is 0 Å². The Morgan fingerprint density at radius 1 is 1.05 bits per heavy atom. The van der Waals surface area contributed by atoms with E-state index >= 15 is 0 Å². The Hall–Kier alpha value is -1.26. The van der Waals surface area contributed by atoms with Crippen molar-refractivity contribution in [3.8, 4) is 0 Å². The average Bonchev–Trinajstić information content (AvgIpc) is 2.19. The number of rotatable bonds is 3. The molecule has 0 spiro atoms. The van der Waals surface area contributed by atoms with E-state index in [2.05, 4.69) is 5.32 Å². The molecule has 0 saturated carbocycles. The summed E-state index contributed by atoms with van der Waals surface area (Å²) >= 11 is 0. The molecule has 0 fully saturated rings. The van der Waals surface area contributed by atoms with E-state index < -0.39 is 17.4 Å². The first-order chi connectivity index (χ1) is 8.28. The minimum absolute atomic E-state index is 0.00177. The number of aliphatic carboxylic acids is 1. The number of carbonyl (C=O) groups excluding carboxylic acids is 1. The van der Waals surface area contributed by atoms with Gasteiger partial charge in [0.25, 0.3) is 0 Å². The summed E-state index contributed by atoms with van der Waals surface area (Å²) in [6.07, 6.45) is 0. The van der Waals surface area contributed by atoms with E-state index in [1.165, 1.54) is 0 Å². The van der Waals surface area contributed by atoms with Gasteiger partial charge in [0, 0.05) is 13.1 Å². The van der Waals surface area contributed by atoms with Crippen molar-refractivity contribution in [3.63, 3.8) is 0 Å². The fourth-order valence-corrected chi connectivity index (χ4v) is 1.63. The predicted molar refractivity (Wildman–Crippen MR) is 76.1 cm³/mol. The summed E-state index contributed by atoms with van der Waals surface area (Å²) < 4.78 is 0. The molecule has 112 valence electrons. The largest absolute Gasteiger partial charge is 0.480 e. The quantitative estimate of drug-likeness (QED) is 0.829. The SMILES string of the molecule is CC(N(C)C(=O)NC(C(=O)O)C(C)(C)C)C(C)(C)C. The van der Waals surface area contributed by atoms with Crippen LogP contribution in [0.1, 0.15) is 48.5 Å². The minimum Gasteiger partial charge on any atom is -0.480 e. The van der Waals surface area contributed by atoms with Crippen LogP contribution in [-0.4, -0.2) is 41.1 Å². The van der Waals surface area contributed by atoms with Gasteiger partial charge in [-0.1, -0.05) is 41.5 Å². The monoisotopic (exact) mass is 272 g/mol. The van der Waals surface area contributed by atoms with Gasteiger partial charge in [0.05, 0.1) is 0 Å². The highest BCUT2D eigenvalue weighted by Gasteiger charge is 2.35. The Morgan fingerprint density at radius 3 is 1.74 bits per heavy atom. The van der Waals surface area contributed by atoms with Gasteiger partial charge in [-0.25, -0.2) is 9.59 Å². The highest BCUT2D eigenvalue weighted by molar-refractivity contribution is 5.83. The molecule has 0 aliphatic rings. The molecule has 0 radical (unpaired) electrons. The van der Waals surface area contributed by atoms with Crippen LogP contribution >= 0.6 is 0 Å². The Labute approximate surface area is 116 Å². The van der Waals surface area contributed by atoms with E-state index in [4.69, 9.17) is 0 Å². The Bertz CT molecular complexity index is 340. The third-order valence-electron chi connectivity index (χ3n) is 3.54. The van der Waals surface area contributed by atoms with Crippen LogP contribution in [0.5, 0.6) is 0 Å². The van der Waals surface area contributed by atoms with Crippen LogP contribution in [0.25, 0.3) is 0 Å². The number of carboxylic acids is 1. The molecule has 0 heterocycles. The lowest BCUT2D eigenvalue weighted by atomic mass is 9.86. The van der Waals surface area contributed by atoms with Gasteiger partial charge in [0.15, 0.2) is 0 Å². The number of amides is 2. The van der Waals surface area contributed by atoms with Crippen LogP contribution in [0.2, 0.25) is 0 Å². The molecule has 0 bridgehead atoms. The zero-order chi connectivity index (χ0) is 15.6. The van der Waals surface area contributed by atoms with Crippen molar-refractivity contribution in [3.05, 3.63) is 0 Å². The van der Waals surface area contributed by atoms with E-state index in [9.17, 15) is 14.7 Å². The molecule has 0 saturated heterocycles. The summed E-state index contributed by atoms with van der Waals surface area (Å²) in [5.74, 6) is -1.02. The van der Waals surface area contributed by atoms with E-state index in [1.54, 1.807) is 32.7 Å². The standard InChI is InChI=1S/C14H28N2O3/c1-9(13(2,3)4)16(8)12(19)15-10(11(17)18)14(5,6)7/h9-10H,1-8H3,(H,15,19)(H,17,18). The fourth-order valence-electron chi connectivity index (χ4n) is 1.63. The maximum absolute atomic E-state index is 12.1. The summed E-state index contributed by atoms with van der Waals surface area (Å²) in [4.78, 5) is 24.9. The maximum Gasteiger partial charge on any atom is 0.326 e. The number of urea groups is 1. The second kappa shape index (κ2) is 5.80. The molecule has 2 unspecified atom stereocenters. The number of nitrogens with one attached hydrogen (secondary N) is 1. The molecule has 0 aromatic carbocycles. The topological polar surface area (TPSA) is 69.6 Å². The van der Waals surface area contributed by atoms with Crippen LogP contribution in [0, 0.1) is 10.8 Å². The van der Waals surface area contributed by atoms with Crippen molar-refractivity contribution in [2.75, 3.05) is 7.05 Å². The van der Waals surface area contributed by atoms with Crippen LogP contribution in [0.4, 0.5) is 4.79 Å². The minimum atomic E-state index is -1.02. The number of hydrogen-bond donors (Lipinski definition) is 2. The lowest BCUT2D eigenvalue weighted by molar-refractivity contribution is -0.142. The second-order valence-electron chi connectivity index (χ2n) is 7.24. The summed E-state index contributed by atoms with van der Waals surface area (Å²) in [6, 6.07) is -1.26. The first-order valence-electron chi connectivity index (χ1n) is 6.54. The average molecular weight is 272 g/mol. The van der Waals surface area contributed by atoms with Gasteiger partial charge in [0.1, 0.15) is 6.04 Å². The molecule has 0 aliphatic heterocycles. The maximum atomic E-state index is 12.1. The van der Waals surface area contributed by atoms with Crippen molar-refractivity contribution < 1.29 is 14.7 Å². The summed E-state index contributed by atoms with van der Waals surface area (Å²) in [7, 11) is 1.69. The molecule has 2 amide bonds. The van der Waals surface area contributed by atoms with Gasteiger partial charge >= 0.3 is 12.0 Å². The first-order valence-corrected chi connectivity index (χ1v) is 6.54. The number of nitrogens with zero attached hydrogens (tertiary/aromatic N) is 1. The first kappa shape index (κ1) is 17.7. The van der Waals surface area contributed by atoms with Crippen molar-refractivity contribution in [2.45, 2.75) is 60.5 Å². The molecule has 5 heteroatoms. The van der Waals surface area contributed by atoms with Crippen LogP contribution < -0.4 is 5.32 Å². The Kier molecular flexibility index (Phi) is 5.42. The molecule has 0 aliphatic carbocycles. The highest BCUT2D eigenvalue weighted by atomic mass is 16.4. The molecule has 0 aromatic rings. The number of carboxylic acid groups (broad SMARTS) is 1. The van der Waals surface area contributed by atoms with Crippen LogP contribution in [0.3, 0.4) is 0 Å². The molecule has 2 atom stereocenters. The fraction of sp³-hybridized carbons (Fsp3) is 0.857. The summed E-state index contributed by atoms with van der Waals surface area (Å²) in [6.45, 7) is 13.4. The van der Waals surface area contributed by atoms with Gasteiger partial charge in [-0.05, 0) is 17.8 Å². The molecule has 19 heavy (non-hydrogen) atoms. The lowest BCUT2D eigenvalue weighted by Crippen LogP contribution is -2.55. The van der Waals surface area contributed by atoms with Gasteiger partial charge in [-0.15, -0.1) is 0 Å². The summed E-state index contributed by atoms with van der Waals surface area (Å²) in [5.41, 5.74) is -0.597. The second-order valence-corrected chi connectivity index (χ2v) is 7.24. The predicted octanol–water partition coefficient (Wildman–Crippen LogP) is 2.56. The number of carbonyl (C=O) groups is 2. The van der Waals surface area contributed by atoms with E-state index in [0.717, 1.165) is 0 Å². The van der Waals surface area contributed by atoms with Gasteiger partial charge < -0.3 is 15.3 Å². The third-order valence-corrected chi connectivity index (χ3v) is 3.54. The van der Waals surface area contributed by atoms with E-state index in [1.807, 2.05) is 27.7 Å². The van der Waals surface area contributed by atoms with Gasteiger partial charge in [-0.2, -0.15) is 0 Å². The molecule has 0 rings (SSSR count). The highest BCUT2D eigenvalue weighted by Crippen LogP contribution is 2.24. The van der Waals surface area contributed by atoms with Crippen molar-refractivity contribution in [1.82, 2.24) is 10.2 Å². The Balaban J connectivity index is 4.90.